The summed E-state index contributed by atoms with van der Waals surface area (Å²) < 4.78 is 29.3. The summed E-state index contributed by atoms with van der Waals surface area (Å²) in [5.41, 5.74) is 3.33. The Bertz CT molecular complexity index is 1690. The van der Waals surface area contributed by atoms with Crippen LogP contribution in [0.3, 0.4) is 0 Å². The van der Waals surface area contributed by atoms with E-state index in [0.29, 0.717) is 42.8 Å². The van der Waals surface area contributed by atoms with Crippen LogP contribution in [0, 0.1) is 20.8 Å². The molecule has 0 aliphatic carbocycles. The van der Waals surface area contributed by atoms with Crippen LogP contribution in [0.5, 0.6) is 5.75 Å². The number of likely N-dealkylation sites (N-methyl/N-ethyl adjacent to an activating group) is 1. The number of piperidine rings is 1. The molecule has 1 aromatic carbocycles. The molecule has 0 bridgehead atoms. The van der Waals surface area contributed by atoms with Gasteiger partial charge in [-0.3, -0.25) is 0 Å². The number of methoxy groups -OCH3 is 1. The Hall–Kier alpha value is -4.17. The van der Waals surface area contributed by atoms with Gasteiger partial charge < -0.3 is 38.3 Å². The monoisotopic (exact) mass is 738 g/mol. The number of nitrogens with zero attached hydrogens (tertiary/aromatic N) is 5. The smallest absolute Gasteiger partial charge is 0.410 e. The first-order chi connectivity index (χ1) is 24.2. The van der Waals surface area contributed by atoms with Crippen molar-refractivity contribution in [3.05, 3.63) is 41.3 Å². The van der Waals surface area contributed by atoms with E-state index in [4.69, 9.17) is 33.1 Å². The third-order valence-electron chi connectivity index (χ3n) is 9.66. The molecule has 0 radical (unpaired) electrons. The van der Waals surface area contributed by atoms with Gasteiger partial charge in [0.2, 0.25) is 0 Å². The van der Waals surface area contributed by atoms with Gasteiger partial charge in [-0.2, -0.15) is 0 Å². The van der Waals surface area contributed by atoms with Crippen molar-refractivity contribution in [2.24, 2.45) is 0 Å². The van der Waals surface area contributed by atoms with Crippen molar-refractivity contribution in [3.63, 3.8) is 0 Å². The first-order valence-electron chi connectivity index (χ1n) is 18.0. The van der Waals surface area contributed by atoms with Crippen molar-refractivity contribution in [2.75, 3.05) is 45.7 Å². The molecule has 3 heterocycles. The van der Waals surface area contributed by atoms with Gasteiger partial charge in [0.25, 0.3) is 0 Å². The zero-order chi connectivity index (χ0) is 38.6. The molecular formula is C38H58N6O7Si. The molecule has 1 N–H and O–H groups in total. The fourth-order valence-corrected chi connectivity index (χ4v) is 7.06. The second kappa shape index (κ2) is 16.2. The second-order valence-corrected chi connectivity index (χ2v) is 20.9. The normalized spacial score (nSPS) is 14.9. The molecule has 3 aromatic rings. The van der Waals surface area contributed by atoms with Gasteiger partial charge in [0.05, 0.1) is 36.7 Å². The number of nitrogens with one attached hydrogen (secondary N) is 1. The minimum absolute atomic E-state index is 0.0402. The molecular weight excluding hydrogens is 681 g/mol. The van der Waals surface area contributed by atoms with Gasteiger partial charge in [-0.1, -0.05) is 38.1 Å². The maximum atomic E-state index is 12.9. The van der Waals surface area contributed by atoms with E-state index in [1.54, 1.807) is 16.8 Å². The molecule has 4 rings (SSSR count). The summed E-state index contributed by atoms with van der Waals surface area (Å²) in [5.74, 6) is 2.51. The number of amides is 2. The fourth-order valence-electron chi connectivity index (χ4n) is 5.73. The fraction of sp³-hybridized carbons (Fsp3) is 0.605. The minimum atomic E-state index is -2.23. The van der Waals surface area contributed by atoms with E-state index in [0.717, 1.165) is 40.9 Å². The summed E-state index contributed by atoms with van der Waals surface area (Å²) in [6.07, 6.45) is 0.375. The van der Waals surface area contributed by atoms with E-state index in [9.17, 15) is 9.59 Å². The van der Waals surface area contributed by atoms with Crippen LogP contribution in [0.2, 0.25) is 18.1 Å². The Morgan fingerprint density at radius 1 is 1.08 bits per heavy atom. The zero-order valence-electron chi connectivity index (χ0n) is 33.3. The van der Waals surface area contributed by atoms with Crippen LogP contribution < -0.4 is 10.1 Å². The summed E-state index contributed by atoms with van der Waals surface area (Å²) in [6.45, 7) is 24.0. The number of benzene rings is 1. The lowest BCUT2D eigenvalue weighted by Crippen LogP contribution is -2.49. The van der Waals surface area contributed by atoms with Gasteiger partial charge in [0, 0.05) is 37.3 Å². The molecule has 286 valence electrons. The lowest BCUT2D eigenvalue weighted by atomic mass is 10.0. The quantitative estimate of drug-likeness (QED) is 0.191. The number of anilines is 1. The van der Waals surface area contributed by atoms with Crippen molar-refractivity contribution in [3.8, 4) is 28.4 Å². The summed E-state index contributed by atoms with van der Waals surface area (Å²) in [5, 5.41) is 7.79. The first-order valence-corrected chi connectivity index (χ1v) is 20.9. The molecule has 2 aromatic heterocycles. The van der Waals surface area contributed by atoms with Gasteiger partial charge in [-0.05, 0) is 84.6 Å². The van der Waals surface area contributed by atoms with Gasteiger partial charge in [-0.25, -0.2) is 19.6 Å². The van der Waals surface area contributed by atoms with Gasteiger partial charge in [0.15, 0.2) is 14.1 Å². The summed E-state index contributed by atoms with van der Waals surface area (Å²) in [6, 6.07) is 7.78. The SMILES string of the molecule is COC(=O)N1CCC(Nc2nc(-c3cccc(OC[C@@H](CN(C)C(=O)OC(C)(C)C)O[Si](C)(C)C(C)(C)C)c3)nc(-c3c(C)noc3C)c2C)CC1. The molecule has 52 heavy (non-hydrogen) atoms. The van der Waals surface area contributed by atoms with Gasteiger partial charge >= 0.3 is 12.2 Å². The van der Waals surface area contributed by atoms with Crippen LogP contribution in [0.1, 0.15) is 71.4 Å². The molecule has 2 amide bonds. The molecule has 0 spiro atoms. The standard InChI is InChI=1S/C38H58N6O7Si/c1-24-32(31-25(2)42-50-26(31)3)40-34(41-33(24)39-28-17-19-44(20-18-28)36(46)47-11)27-15-14-16-29(21-27)48-23-30(51-52(12,13)38(7,8)9)22-43(10)35(45)49-37(4,5)6/h14-16,21,28,30H,17-20,22-23H2,1-13H3,(H,39,40,41)/t30-/m1/s1. The highest BCUT2D eigenvalue weighted by Gasteiger charge is 2.40. The topological polar surface area (TPSA) is 141 Å². The summed E-state index contributed by atoms with van der Waals surface area (Å²) in [4.78, 5) is 38.3. The Kier molecular flexibility index (Phi) is 12.7. The molecule has 1 aliphatic heterocycles. The average Bonchev–Trinajstić information content (AvgIpc) is 3.40. The van der Waals surface area contributed by atoms with Crippen LogP contribution in [-0.2, 0) is 13.9 Å². The first kappa shape index (κ1) is 40.6. The molecule has 0 saturated carbocycles. The maximum absolute atomic E-state index is 12.9. The molecule has 1 fully saturated rings. The van der Waals surface area contributed by atoms with Crippen LogP contribution >= 0.6 is 0 Å². The Morgan fingerprint density at radius 3 is 2.33 bits per heavy atom. The van der Waals surface area contributed by atoms with Crippen LogP contribution in [-0.4, -0.2) is 104 Å². The van der Waals surface area contributed by atoms with Crippen LogP contribution in [0.4, 0.5) is 15.4 Å². The number of likely N-dealkylation sites (tertiary alicyclic amines) is 1. The highest BCUT2D eigenvalue weighted by atomic mass is 28.4. The van der Waals surface area contributed by atoms with E-state index in [1.165, 1.54) is 7.11 Å². The van der Waals surface area contributed by atoms with E-state index in [2.05, 4.69) is 44.3 Å². The second-order valence-electron chi connectivity index (χ2n) is 16.1. The van der Waals surface area contributed by atoms with Crippen molar-refractivity contribution in [1.82, 2.24) is 24.9 Å². The highest BCUT2D eigenvalue weighted by Crippen LogP contribution is 2.38. The summed E-state index contributed by atoms with van der Waals surface area (Å²) >= 11 is 0. The Morgan fingerprint density at radius 2 is 1.75 bits per heavy atom. The van der Waals surface area contributed by atoms with Crippen molar-refractivity contribution in [2.45, 2.75) is 111 Å². The molecule has 14 heteroatoms. The Labute approximate surface area is 309 Å². The third-order valence-corrected chi connectivity index (χ3v) is 14.2. The number of hydrogen-bond donors (Lipinski definition) is 1. The van der Waals surface area contributed by atoms with Crippen molar-refractivity contribution in [1.29, 1.82) is 0 Å². The van der Waals surface area contributed by atoms with E-state index >= 15 is 0 Å². The maximum Gasteiger partial charge on any atom is 0.410 e. The molecule has 1 saturated heterocycles. The lowest BCUT2D eigenvalue weighted by Gasteiger charge is -2.40. The zero-order valence-corrected chi connectivity index (χ0v) is 34.3. The van der Waals surface area contributed by atoms with Gasteiger partial charge in [0.1, 0.15) is 29.5 Å². The number of carbonyl (C=O) groups is 2. The van der Waals surface area contributed by atoms with Gasteiger partial charge in [-0.15, -0.1) is 0 Å². The molecule has 0 unspecified atom stereocenters. The Balaban J connectivity index is 1.62. The summed E-state index contributed by atoms with van der Waals surface area (Å²) in [7, 11) is 0.896. The molecule has 1 atom stereocenters. The van der Waals surface area contributed by atoms with Crippen LogP contribution in [0.15, 0.2) is 28.8 Å². The number of aryl methyl sites for hydroxylation is 2. The number of carbonyl (C=O) groups excluding carboxylic acids is 2. The predicted molar refractivity (Wildman–Crippen MR) is 204 cm³/mol. The number of ether oxygens (including phenoxy) is 3. The van der Waals surface area contributed by atoms with E-state index in [-0.39, 0.29) is 23.8 Å². The predicted octanol–water partition coefficient (Wildman–Crippen LogP) is 8.00. The number of aromatic nitrogens is 3. The largest absolute Gasteiger partial charge is 0.491 e. The highest BCUT2D eigenvalue weighted by molar-refractivity contribution is 6.74. The van der Waals surface area contributed by atoms with Crippen LogP contribution in [0.25, 0.3) is 22.6 Å². The number of rotatable bonds is 11. The average molecular weight is 739 g/mol. The number of hydrogen-bond acceptors (Lipinski definition) is 11. The minimum Gasteiger partial charge on any atom is -0.491 e. The lowest BCUT2D eigenvalue weighted by molar-refractivity contribution is 0.0172. The van der Waals surface area contributed by atoms with E-state index < -0.39 is 26.1 Å². The molecule has 13 nitrogen and oxygen atoms in total. The van der Waals surface area contributed by atoms with E-state index in [1.807, 2.05) is 65.8 Å². The van der Waals surface area contributed by atoms with Crippen molar-refractivity contribution < 1.29 is 32.7 Å². The van der Waals surface area contributed by atoms with Crippen molar-refractivity contribution >= 4 is 26.3 Å². The molecule has 1 aliphatic rings. The third kappa shape index (κ3) is 10.2.